The van der Waals surface area contributed by atoms with Crippen LogP contribution in [-0.4, -0.2) is 5.97 Å². The monoisotopic (exact) mass is 226 g/mol. The average molecular weight is 226 g/mol. The van der Waals surface area contributed by atoms with Gasteiger partial charge in [-0.05, 0) is 29.2 Å². The molecule has 1 aliphatic rings. The van der Waals surface area contributed by atoms with E-state index in [1.54, 1.807) is 0 Å². The first kappa shape index (κ1) is 10.3. The van der Waals surface area contributed by atoms with E-state index in [0.717, 1.165) is 18.4 Å². The molecular formula is C15H14O2. The quantitative estimate of drug-likeness (QED) is 0.751. The predicted octanol–water partition coefficient (Wildman–Crippen LogP) is 3.29. The molecule has 3 rings (SSSR count). The molecule has 2 aromatic carbocycles. The fourth-order valence-electron chi connectivity index (χ4n) is 2.00. The van der Waals surface area contributed by atoms with Gasteiger partial charge in [0.15, 0.2) is 0 Å². The number of ether oxygens (including phenoxy) is 1. The molecule has 0 N–H and O–H groups in total. The number of rotatable bonds is 3. The maximum absolute atomic E-state index is 11.5. The molecule has 0 aliphatic heterocycles. The molecule has 0 saturated heterocycles. The van der Waals surface area contributed by atoms with Crippen molar-refractivity contribution in [2.45, 2.75) is 19.4 Å². The second kappa shape index (κ2) is 4.21. The van der Waals surface area contributed by atoms with Crippen LogP contribution in [0.3, 0.4) is 0 Å². The van der Waals surface area contributed by atoms with Crippen molar-refractivity contribution < 1.29 is 9.53 Å². The topological polar surface area (TPSA) is 26.3 Å². The van der Waals surface area contributed by atoms with E-state index in [9.17, 15) is 4.79 Å². The van der Waals surface area contributed by atoms with E-state index in [1.807, 2.05) is 24.3 Å². The Morgan fingerprint density at radius 2 is 1.88 bits per heavy atom. The van der Waals surface area contributed by atoms with Crippen molar-refractivity contribution in [3.63, 3.8) is 0 Å². The molecule has 17 heavy (non-hydrogen) atoms. The van der Waals surface area contributed by atoms with E-state index in [1.165, 1.54) is 10.8 Å². The molecule has 0 atom stereocenters. The lowest BCUT2D eigenvalue weighted by Crippen LogP contribution is -2.06. The fourth-order valence-corrected chi connectivity index (χ4v) is 2.00. The Kier molecular flexibility index (Phi) is 2.56. The highest BCUT2D eigenvalue weighted by molar-refractivity contribution is 5.85. The second-order valence-corrected chi connectivity index (χ2v) is 4.52. The van der Waals surface area contributed by atoms with Gasteiger partial charge in [-0.1, -0.05) is 42.5 Å². The molecule has 0 spiro atoms. The Labute approximate surface area is 100 Å². The van der Waals surface area contributed by atoms with Gasteiger partial charge >= 0.3 is 5.97 Å². The van der Waals surface area contributed by atoms with Gasteiger partial charge in [0.2, 0.25) is 0 Å². The van der Waals surface area contributed by atoms with Crippen molar-refractivity contribution in [3.05, 3.63) is 48.0 Å². The van der Waals surface area contributed by atoms with Crippen LogP contribution in [0.4, 0.5) is 0 Å². The van der Waals surface area contributed by atoms with Crippen molar-refractivity contribution in [1.82, 2.24) is 0 Å². The van der Waals surface area contributed by atoms with Gasteiger partial charge in [0, 0.05) is 0 Å². The summed E-state index contributed by atoms with van der Waals surface area (Å²) in [5.41, 5.74) is 1.08. The summed E-state index contributed by atoms with van der Waals surface area (Å²) in [6.07, 6.45) is 1.99. The normalized spacial score (nSPS) is 14.8. The maximum Gasteiger partial charge on any atom is 0.309 e. The van der Waals surface area contributed by atoms with Crippen LogP contribution >= 0.6 is 0 Å². The Morgan fingerprint density at radius 3 is 2.71 bits per heavy atom. The highest BCUT2D eigenvalue weighted by Gasteiger charge is 2.31. The molecule has 2 heteroatoms. The van der Waals surface area contributed by atoms with E-state index in [0.29, 0.717) is 6.61 Å². The summed E-state index contributed by atoms with van der Waals surface area (Å²) in [4.78, 5) is 11.5. The van der Waals surface area contributed by atoms with Crippen LogP contribution in [0, 0.1) is 5.92 Å². The summed E-state index contributed by atoms with van der Waals surface area (Å²) in [7, 11) is 0. The van der Waals surface area contributed by atoms with Crippen LogP contribution in [0.1, 0.15) is 18.4 Å². The lowest BCUT2D eigenvalue weighted by atomic mass is 10.1. The van der Waals surface area contributed by atoms with Crippen LogP contribution in [0.15, 0.2) is 42.5 Å². The van der Waals surface area contributed by atoms with E-state index in [4.69, 9.17) is 4.74 Å². The minimum atomic E-state index is -0.0436. The third-order valence-corrected chi connectivity index (χ3v) is 3.16. The molecule has 2 nitrogen and oxygen atoms in total. The van der Waals surface area contributed by atoms with Gasteiger partial charge in [-0.25, -0.2) is 0 Å². The van der Waals surface area contributed by atoms with E-state index in [-0.39, 0.29) is 11.9 Å². The minimum Gasteiger partial charge on any atom is -0.461 e. The standard InChI is InChI=1S/C15H14O2/c16-15(12-8-9-12)17-10-13-6-3-5-11-4-1-2-7-14(11)13/h1-7,12H,8-10H2. The summed E-state index contributed by atoms with van der Waals surface area (Å²) in [6, 6.07) is 14.3. The molecule has 86 valence electrons. The van der Waals surface area contributed by atoms with Crippen molar-refractivity contribution >= 4 is 16.7 Å². The number of fused-ring (bicyclic) bond motifs is 1. The molecule has 0 bridgehead atoms. The molecule has 1 saturated carbocycles. The molecule has 1 aliphatic carbocycles. The van der Waals surface area contributed by atoms with Gasteiger partial charge in [0.05, 0.1) is 5.92 Å². The maximum atomic E-state index is 11.5. The summed E-state index contributed by atoms with van der Waals surface area (Å²) < 4.78 is 5.32. The highest BCUT2D eigenvalue weighted by Crippen LogP contribution is 2.30. The van der Waals surface area contributed by atoms with Gasteiger partial charge in [-0.3, -0.25) is 4.79 Å². The third kappa shape index (κ3) is 2.16. The van der Waals surface area contributed by atoms with Gasteiger partial charge in [0.1, 0.15) is 6.61 Å². The number of carbonyl (C=O) groups is 1. The van der Waals surface area contributed by atoms with Crippen LogP contribution in [0.5, 0.6) is 0 Å². The Balaban J connectivity index is 1.82. The SMILES string of the molecule is O=C(OCc1cccc2ccccc12)C1CC1. The van der Waals surface area contributed by atoms with Crippen LogP contribution in [0.2, 0.25) is 0 Å². The number of carbonyl (C=O) groups excluding carboxylic acids is 1. The molecular weight excluding hydrogens is 212 g/mol. The summed E-state index contributed by atoms with van der Waals surface area (Å²) in [5.74, 6) is 0.128. The number of esters is 1. The van der Waals surface area contributed by atoms with Gasteiger partial charge in [0.25, 0.3) is 0 Å². The first-order valence-electron chi connectivity index (χ1n) is 5.98. The molecule has 0 aromatic heterocycles. The molecule has 0 unspecified atom stereocenters. The number of hydrogen-bond acceptors (Lipinski definition) is 2. The lowest BCUT2D eigenvalue weighted by Gasteiger charge is -2.07. The Bertz CT molecular complexity index is 550. The first-order chi connectivity index (χ1) is 8.34. The van der Waals surface area contributed by atoms with Crippen LogP contribution < -0.4 is 0 Å². The largest absolute Gasteiger partial charge is 0.461 e. The third-order valence-electron chi connectivity index (χ3n) is 3.16. The number of benzene rings is 2. The van der Waals surface area contributed by atoms with Gasteiger partial charge in [-0.15, -0.1) is 0 Å². The molecule has 2 aromatic rings. The molecule has 0 radical (unpaired) electrons. The van der Waals surface area contributed by atoms with Crippen LogP contribution in [-0.2, 0) is 16.1 Å². The summed E-state index contributed by atoms with van der Waals surface area (Å²) in [6.45, 7) is 0.386. The fraction of sp³-hybridized carbons (Fsp3) is 0.267. The first-order valence-corrected chi connectivity index (χ1v) is 5.98. The van der Waals surface area contributed by atoms with Crippen molar-refractivity contribution in [3.8, 4) is 0 Å². The molecule has 0 amide bonds. The lowest BCUT2D eigenvalue weighted by molar-refractivity contribution is -0.146. The highest BCUT2D eigenvalue weighted by atomic mass is 16.5. The summed E-state index contributed by atoms with van der Waals surface area (Å²) >= 11 is 0. The van der Waals surface area contributed by atoms with Crippen LogP contribution in [0.25, 0.3) is 10.8 Å². The summed E-state index contributed by atoms with van der Waals surface area (Å²) in [5, 5.41) is 2.35. The van der Waals surface area contributed by atoms with Gasteiger partial charge in [-0.2, -0.15) is 0 Å². The molecule has 0 heterocycles. The zero-order valence-corrected chi connectivity index (χ0v) is 9.56. The Morgan fingerprint density at radius 1 is 1.12 bits per heavy atom. The van der Waals surface area contributed by atoms with Crippen molar-refractivity contribution in [2.24, 2.45) is 5.92 Å². The Hall–Kier alpha value is -1.83. The average Bonchev–Trinajstić information content (AvgIpc) is 3.20. The second-order valence-electron chi connectivity index (χ2n) is 4.52. The van der Waals surface area contributed by atoms with E-state index >= 15 is 0 Å². The van der Waals surface area contributed by atoms with E-state index in [2.05, 4.69) is 18.2 Å². The van der Waals surface area contributed by atoms with Gasteiger partial charge < -0.3 is 4.74 Å². The minimum absolute atomic E-state index is 0.0436. The zero-order chi connectivity index (χ0) is 11.7. The molecule has 1 fully saturated rings. The predicted molar refractivity (Wildman–Crippen MR) is 66.5 cm³/mol. The smallest absolute Gasteiger partial charge is 0.309 e. The zero-order valence-electron chi connectivity index (χ0n) is 9.56. The number of hydrogen-bond donors (Lipinski definition) is 0. The van der Waals surface area contributed by atoms with Crippen molar-refractivity contribution in [2.75, 3.05) is 0 Å². The van der Waals surface area contributed by atoms with E-state index < -0.39 is 0 Å². The van der Waals surface area contributed by atoms with Crippen molar-refractivity contribution in [1.29, 1.82) is 0 Å².